The Balaban J connectivity index is 1.76. The van der Waals surface area contributed by atoms with Crippen molar-refractivity contribution in [2.75, 3.05) is 31.6 Å². The molecule has 1 aliphatic rings. The van der Waals surface area contributed by atoms with Crippen LogP contribution in [0, 0.1) is 0 Å². The molecule has 3 rings (SSSR count). The maximum absolute atomic E-state index is 12.1. The molecular formula is C14H19N5O2. The van der Waals surface area contributed by atoms with Gasteiger partial charge in [0.1, 0.15) is 0 Å². The highest BCUT2D eigenvalue weighted by Gasteiger charge is 2.17. The molecule has 0 aromatic carbocycles. The second kappa shape index (κ2) is 5.69. The number of pyridine rings is 1. The minimum atomic E-state index is -0.115. The van der Waals surface area contributed by atoms with Crippen molar-refractivity contribution in [3.8, 4) is 0 Å². The summed E-state index contributed by atoms with van der Waals surface area (Å²) in [5.41, 5.74) is 1.51. The van der Waals surface area contributed by atoms with E-state index in [1.54, 1.807) is 17.3 Å². The van der Waals surface area contributed by atoms with Gasteiger partial charge in [-0.1, -0.05) is 0 Å². The standard InChI is InChI=1S/C14H19N5O2/c1-10(2)19-13-11(8-16-19)7-12(9-15-13)17-14(20)18-3-5-21-6-4-18/h7-10H,3-6H2,1-2H3,(H,17,20). The molecule has 0 atom stereocenters. The fourth-order valence-corrected chi connectivity index (χ4v) is 2.36. The van der Waals surface area contributed by atoms with E-state index in [0.717, 1.165) is 11.0 Å². The molecule has 0 bridgehead atoms. The van der Waals surface area contributed by atoms with E-state index in [1.807, 2.05) is 10.7 Å². The Bertz CT molecular complexity index is 646. The number of rotatable bonds is 2. The van der Waals surface area contributed by atoms with Crippen molar-refractivity contribution < 1.29 is 9.53 Å². The third-order valence-corrected chi connectivity index (χ3v) is 3.47. The average Bonchev–Trinajstić information content (AvgIpc) is 2.91. The van der Waals surface area contributed by atoms with E-state index >= 15 is 0 Å². The monoisotopic (exact) mass is 289 g/mol. The van der Waals surface area contributed by atoms with Gasteiger partial charge in [0.25, 0.3) is 0 Å². The van der Waals surface area contributed by atoms with Gasteiger partial charge in [0.2, 0.25) is 0 Å². The van der Waals surface area contributed by atoms with Gasteiger partial charge in [-0.2, -0.15) is 5.10 Å². The number of urea groups is 1. The van der Waals surface area contributed by atoms with Crippen molar-refractivity contribution >= 4 is 22.8 Å². The van der Waals surface area contributed by atoms with Crippen LogP contribution in [-0.2, 0) is 4.74 Å². The molecule has 3 heterocycles. The van der Waals surface area contributed by atoms with Crippen LogP contribution in [0.15, 0.2) is 18.5 Å². The predicted molar refractivity (Wildman–Crippen MR) is 79.3 cm³/mol. The van der Waals surface area contributed by atoms with Gasteiger partial charge in [-0.15, -0.1) is 0 Å². The van der Waals surface area contributed by atoms with Gasteiger partial charge in [-0.05, 0) is 19.9 Å². The zero-order valence-corrected chi connectivity index (χ0v) is 12.2. The van der Waals surface area contributed by atoms with E-state index in [-0.39, 0.29) is 12.1 Å². The third-order valence-electron chi connectivity index (χ3n) is 3.47. The Morgan fingerprint density at radius 2 is 2.10 bits per heavy atom. The number of nitrogens with one attached hydrogen (secondary N) is 1. The van der Waals surface area contributed by atoms with Crippen molar-refractivity contribution in [3.63, 3.8) is 0 Å². The predicted octanol–water partition coefficient (Wildman–Crippen LogP) is 1.88. The molecule has 21 heavy (non-hydrogen) atoms. The fraction of sp³-hybridized carbons (Fsp3) is 0.500. The van der Waals surface area contributed by atoms with Crippen LogP contribution in [0.1, 0.15) is 19.9 Å². The molecule has 1 aliphatic heterocycles. The Kier molecular flexibility index (Phi) is 3.74. The van der Waals surface area contributed by atoms with Gasteiger partial charge in [0.15, 0.2) is 5.65 Å². The van der Waals surface area contributed by atoms with E-state index in [0.29, 0.717) is 32.0 Å². The number of hydrogen-bond donors (Lipinski definition) is 1. The van der Waals surface area contributed by atoms with Gasteiger partial charge < -0.3 is 15.0 Å². The SMILES string of the molecule is CC(C)n1ncc2cc(NC(=O)N3CCOCC3)cnc21. The van der Waals surface area contributed by atoms with Crippen LogP contribution in [0.4, 0.5) is 10.5 Å². The number of anilines is 1. The first-order chi connectivity index (χ1) is 10.1. The van der Waals surface area contributed by atoms with Gasteiger partial charge in [0, 0.05) is 24.5 Å². The number of aromatic nitrogens is 3. The molecule has 112 valence electrons. The Morgan fingerprint density at radius 3 is 2.81 bits per heavy atom. The molecule has 0 radical (unpaired) electrons. The van der Waals surface area contributed by atoms with Gasteiger partial charge >= 0.3 is 6.03 Å². The number of carbonyl (C=O) groups is 1. The molecular weight excluding hydrogens is 270 g/mol. The molecule has 0 saturated carbocycles. The van der Waals surface area contributed by atoms with E-state index in [9.17, 15) is 4.79 Å². The summed E-state index contributed by atoms with van der Waals surface area (Å²) in [6.45, 7) is 6.53. The number of amides is 2. The molecule has 2 amide bonds. The van der Waals surface area contributed by atoms with Crippen LogP contribution in [0.5, 0.6) is 0 Å². The Hall–Kier alpha value is -2.15. The van der Waals surface area contributed by atoms with Crippen LogP contribution in [0.3, 0.4) is 0 Å². The molecule has 0 spiro atoms. The van der Waals surface area contributed by atoms with Gasteiger partial charge in [0.05, 0.1) is 31.3 Å². The zero-order chi connectivity index (χ0) is 14.8. The lowest BCUT2D eigenvalue weighted by Crippen LogP contribution is -2.43. The van der Waals surface area contributed by atoms with Gasteiger partial charge in [-0.3, -0.25) is 0 Å². The van der Waals surface area contributed by atoms with Crippen LogP contribution in [0.25, 0.3) is 11.0 Å². The van der Waals surface area contributed by atoms with Crippen LogP contribution >= 0.6 is 0 Å². The molecule has 2 aromatic heterocycles. The molecule has 0 unspecified atom stereocenters. The van der Waals surface area contributed by atoms with Gasteiger partial charge in [-0.25, -0.2) is 14.5 Å². The quantitative estimate of drug-likeness (QED) is 0.916. The van der Waals surface area contributed by atoms with E-state index in [4.69, 9.17) is 4.74 Å². The molecule has 7 nitrogen and oxygen atoms in total. The lowest BCUT2D eigenvalue weighted by molar-refractivity contribution is 0.0564. The lowest BCUT2D eigenvalue weighted by atomic mass is 10.3. The molecule has 0 aliphatic carbocycles. The van der Waals surface area contributed by atoms with Crippen LogP contribution < -0.4 is 5.32 Å². The molecule has 1 saturated heterocycles. The summed E-state index contributed by atoms with van der Waals surface area (Å²) in [5, 5.41) is 8.11. The summed E-state index contributed by atoms with van der Waals surface area (Å²) in [7, 11) is 0. The molecule has 1 fully saturated rings. The number of morpholine rings is 1. The van der Waals surface area contributed by atoms with E-state index in [2.05, 4.69) is 29.2 Å². The largest absolute Gasteiger partial charge is 0.378 e. The molecule has 7 heteroatoms. The van der Waals surface area contributed by atoms with Crippen LogP contribution in [0.2, 0.25) is 0 Å². The van der Waals surface area contributed by atoms with Crippen molar-refractivity contribution in [3.05, 3.63) is 18.5 Å². The summed E-state index contributed by atoms with van der Waals surface area (Å²) in [6.07, 6.45) is 3.44. The first-order valence-electron chi connectivity index (χ1n) is 7.12. The summed E-state index contributed by atoms with van der Waals surface area (Å²) in [5.74, 6) is 0. The van der Waals surface area contributed by atoms with Crippen molar-refractivity contribution in [1.82, 2.24) is 19.7 Å². The zero-order valence-electron chi connectivity index (χ0n) is 12.2. The van der Waals surface area contributed by atoms with Crippen molar-refractivity contribution in [2.45, 2.75) is 19.9 Å². The Morgan fingerprint density at radius 1 is 1.33 bits per heavy atom. The average molecular weight is 289 g/mol. The van der Waals surface area contributed by atoms with Crippen molar-refractivity contribution in [2.24, 2.45) is 0 Å². The normalized spacial score (nSPS) is 15.7. The number of nitrogens with zero attached hydrogens (tertiary/aromatic N) is 4. The minimum absolute atomic E-state index is 0.115. The summed E-state index contributed by atoms with van der Waals surface area (Å²) in [6, 6.07) is 2.03. The first-order valence-corrected chi connectivity index (χ1v) is 7.12. The summed E-state index contributed by atoms with van der Waals surface area (Å²) >= 11 is 0. The minimum Gasteiger partial charge on any atom is -0.378 e. The maximum Gasteiger partial charge on any atom is 0.322 e. The number of carbonyl (C=O) groups excluding carboxylic acids is 1. The van der Waals surface area contributed by atoms with Crippen molar-refractivity contribution in [1.29, 1.82) is 0 Å². The molecule has 1 N–H and O–H groups in total. The second-order valence-corrected chi connectivity index (χ2v) is 5.35. The highest BCUT2D eigenvalue weighted by atomic mass is 16.5. The maximum atomic E-state index is 12.1. The highest BCUT2D eigenvalue weighted by molar-refractivity contribution is 5.91. The third kappa shape index (κ3) is 2.82. The summed E-state index contributed by atoms with van der Waals surface area (Å²) in [4.78, 5) is 18.3. The van der Waals surface area contributed by atoms with Crippen LogP contribution in [-0.4, -0.2) is 52.0 Å². The topological polar surface area (TPSA) is 72.3 Å². The second-order valence-electron chi connectivity index (χ2n) is 5.35. The smallest absolute Gasteiger partial charge is 0.322 e. The molecule has 2 aromatic rings. The van der Waals surface area contributed by atoms with E-state index in [1.165, 1.54) is 0 Å². The number of fused-ring (bicyclic) bond motifs is 1. The lowest BCUT2D eigenvalue weighted by Gasteiger charge is -2.26. The summed E-state index contributed by atoms with van der Waals surface area (Å²) < 4.78 is 7.10. The fourth-order valence-electron chi connectivity index (χ4n) is 2.36. The number of ether oxygens (including phenoxy) is 1. The highest BCUT2D eigenvalue weighted by Crippen LogP contribution is 2.19. The Labute approximate surface area is 122 Å². The van der Waals surface area contributed by atoms with E-state index < -0.39 is 0 Å². The number of hydrogen-bond acceptors (Lipinski definition) is 4. The first kappa shape index (κ1) is 13.8.